The van der Waals surface area contributed by atoms with Crippen LogP contribution in [0.3, 0.4) is 0 Å². The first kappa shape index (κ1) is 22.5. The molecule has 0 saturated heterocycles. The molecule has 0 fully saturated rings. The lowest BCUT2D eigenvalue weighted by atomic mass is 9.96. The zero-order valence-corrected chi connectivity index (χ0v) is 19.8. The summed E-state index contributed by atoms with van der Waals surface area (Å²) in [5.74, 6) is 0. The maximum absolute atomic E-state index is 13.1. The van der Waals surface area contributed by atoms with Crippen LogP contribution in [-0.4, -0.2) is 40.5 Å². The molecule has 3 aromatic rings. The predicted molar refractivity (Wildman–Crippen MR) is 130 cm³/mol. The van der Waals surface area contributed by atoms with Crippen molar-refractivity contribution in [1.29, 1.82) is 0 Å². The highest BCUT2D eigenvalue weighted by Crippen LogP contribution is 2.29. The number of hydrogen-bond donors (Lipinski definition) is 1. The van der Waals surface area contributed by atoms with Gasteiger partial charge in [0.25, 0.3) is 0 Å². The van der Waals surface area contributed by atoms with E-state index in [1.165, 1.54) is 11.1 Å². The smallest absolute Gasteiger partial charge is 0.240 e. The van der Waals surface area contributed by atoms with E-state index in [4.69, 9.17) is 0 Å². The SMILES string of the molecule is Cc1ccccc1S(=O)(=O)NCC(c1ccc(N(C)C)cc1)N1CCc2ccccc2C1. The highest BCUT2D eigenvalue weighted by molar-refractivity contribution is 7.89. The molecule has 0 radical (unpaired) electrons. The van der Waals surface area contributed by atoms with Crippen molar-refractivity contribution in [3.8, 4) is 0 Å². The Bertz CT molecular complexity index is 1170. The quantitative estimate of drug-likeness (QED) is 0.589. The number of rotatable bonds is 7. The van der Waals surface area contributed by atoms with Crippen molar-refractivity contribution in [3.63, 3.8) is 0 Å². The van der Waals surface area contributed by atoms with Crippen molar-refractivity contribution in [2.45, 2.75) is 30.8 Å². The molecular formula is C26H31N3O2S. The Labute approximate surface area is 191 Å². The number of hydrogen-bond acceptors (Lipinski definition) is 4. The molecule has 1 aliphatic heterocycles. The molecular weight excluding hydrogens is 418 g/mol. The van der Waals surface area contributed by atoms with Crippen LogP contribution < -0.4 is 9.62 Å². The monoisotopic (exact) mass is 449 g/mol. The average Bonchev–Trinajstić information content (AvgIpc) is 2.79. The zero-order chi connectivity index (χ0) is 22.7. The van der Waals surface area contributed by atoms with Crippen molar-refractivity contribution in [3.05, 3.63) is 95.1 Å². The summed E-state index contributed by atoms with van der Waals surface area (Å²) in [5, 5.41) is 0. The van der Waals surface area contributed by atoms with Gasteiger partial charge in [0.2, 0.25) is 10.0 Å². The molecule has 3 aromatic carbocycles. The molecule has 0 aromatic heterocycles. The molecule has 5 nitrogen and oxygen atoms in total. The van der Waals surface area contributed by atoms with Gasteiger partial charge in [-0.25, -0.2) is 13.1 Å². The lowest BCUT2D eigenvalue weighted by Crippen LogP contribution is -2.40. The minimum absolute atomic E-state index is 0.0571. The topological polar surface area (TPSA) is 52.7 Å². The van der Waals surface area contributed by atoms with Crippen LogP contribution in [0.15, 0.2) is 77.7 Å². The zero-order valence-electron chi connectivity index (χ0n) is 19.0. The number of nitrogens with zero attached hydrogens (tertiary/aromatic N) is 2. The fraction of sp³-hybridized carbons (Fsp3) is 0.308. The predicted octanol–water partition coefficient (Wildman–Crippen LogP) is 4.14. The Kier molecular flexibility index (Phi) is 6.65. The highest BCUT2D eigenvalue weighted by Gasteiger charge is 2.27. The summed E-state index contributed by atoms with van der Waals surface area (Å²) in [6.45, 7) is 3.85. The first-order valence-electron chi connectivity index (χ1n) is 11.0. The van der Waals surface area contributed by atoms with Crippen LogP contribution in [-0.2, 0) is 23.0 Å². The van der Waals surface area contributed by atoms with Crippen molar-refractivity contribution in [2.75, 3.05) is 32.1 Å². The molecule has 0 amide bonds. The minimum Gasteiger partial charge on any atom is -0.378 e. The molecule has 1 unspecified atom stereocenters. The Morgan fingerprint density at radius 3 is 2.28 bits per heavy atom. The fourth-order valence-electron chi connectivity index (χ4n) is 4.36. The van der Waals surface area contributed by atoms with Gasteiger partial charge in [0.15, 0.2) is 0 Å². The number of fused-ring (bicyclic) bond motifs is 1. The average molecular weight is 450 g/mol. The largest absolute Gasteiger partial charge is 0.378 e. The third kappa shape index (κ3) is 4.88. The van der Waals surface area contributed by atoms with E-state index in [2.05, 4.69) is 63.1 Å². The second-order valence-corrected chi connectivity index (χ2v) is 10.3. The van der Waals surface area contributed by atoms with Crippen LogP contribution in [0.5, 0.6) is 0 Å². The molecule has 1 N–H and O–H groups in total. The van der Waals surface area contributed by atoms with Gasteiger partial charge in [0.1, 0.15) is 0 Å². The van der Waals surface area contributed by atoms with Gasteiger partial charge in [-0.15, -0.1) is 0 Å². The number of aryl methyl sites for hydroxylation is 1. The van der Waals surface area contributed by atoms with Gasteiger partial charge in [0, 0.05) is 45.5 Å². The Hall–Kier alpha value is -2.67. The van der Waals surface area contributed by atoms with Crippen molar-refractivity contribution < 1.29 is 8.42 Å². The Balaban J connectivity index is 1.61. The molecule has 1 atom stereocenters. The minimum atomic E-state index is -3.60. The number of anilines is 1. The molecule has 0 bridgehead atoms. The molecule has 1 heterocycles. The molecule has 4 rings (SSSR count). The van der Waals surface area contributed by atoms with Crippen LogP contribution in [0.2, 0.25) is 0 Å². The van der Waals surface area contributed by atoms with Crippen LogP contribution in [0.4, 0.5) is 5.69 Å². The molecule has 168 valence electrons. The maximum atomic E-state index is 13.1. The Morgan fingerprint density at radius 1 is 0.938 bits per heavy atom. The second-order valence-electron chi connectivity index (χ2n) is 8.61. The molecule has 0 spiro atoms. The lowest BCUT2D eigenvalue weighted by Gasteiger charge is -2.36. The summed E-state index contributed by atoms with van der Waals surface area (Å²) in [6, 6.07) is 24.0. The van der Waals surface area contributed by atoms with Crippen molar-refractivity contribution in [1.82, 2.24) is 9.62 Å². The summed E-state index contributed by atoms with van der Waals surface area (Å²) in [5.41, 5.74) is 5.68. The number of sulfonamides is 1. The second kappa shape index (κ2) is 9.45. The van der Waals surface area contributed by atoms with E-state index in [0.717, 1.165) is 36.3 Å². The number of benzene rings is 3. The third-order valence-corrected chi connectivity index (χ3v) is 7.83. The summed E-state index contributed by atoms with van der Waals surface area (Å²) in [7, 11) is 0.437. The van der Waals surface area contributed by atoms with Gasteiger partial charge in [-0.3, -0.25) is 4.90 Å². The fourth-order valence-corrected chi connectivity index (χ4v) is 5.64. The van der Waals surface area contributed by atoms with E-state index >= 15 is 0 Å². The van der Waals surface area contributed by atoms with Crippen molar-refractivity contribution >= 4 is 15.7 Å². The summed E-state index contributed by atoms with van der Waals surface area (Å²) in [6.07, 6.45) is 0.965. The molecule has 0 aliphatic carbocycles. The maximum Gasteiger partial charge on any atom is 0.240 e. The van der Waals surface area contributed by atoms with E-state index < -0.39 is 10.0 Å². The van der Waals surface area contributed by atoms with Crippen LogP contribution in [0, 0.1) is 6.92 Å². The van der Waals surface area contributed by atoms with Crippen molar-refractivity contribution in [2.24, 2.45) is 0 Å². The van der Waals surface area contributed by atoms with E-state index in [-0.39, 0.29) is 6.04 Å². The van der Waals surface area contributed by atoms with Gasteiger partial charge < -0.3 is 4.90 Å². The third-order valence-electron chi connectivity index (χ3n) is 6.25. The van der Waals surface area contributed by atoms with E-state index in [1.807, 2.05) is 33.2 Å². The van der Waals surface area contributed by atoms with Gasteiger partial charge in [-0.1, -0.05) is 54.6 Å². The number of nitrogens with one attached hydrogen (secondary N) is 1. The normalized spacial score (nSPS) is 15.2. The molecule has 0 saturated carbocycles. The summed E-state index contributed by atoms with van der Waals surface area (Å²) >= 11 is 0. The lowest BCUT2D eigenvalue weighted by molar-refractivity contribution is 0.180. The molecule has 6 heteroatoms. The van der Waals surface area contributed by atoms with E-state index in [0.29, 0.717) is 11.4 Å². The summed E-state index contributed by atoms with van der Waals surface area (Å²) < 4.78 is 29.0. The standard InChI is InChI=1S/C26H31N3O2S/c1-20-8-4-7-11-26(20)32(30,31)27-18-25(22-12-14-24(15-13-22)28(2)3)29-17-16-21-9-5-6-10-23(21)19-29/h4-15,25,27H,16-19H2,1-3H3. The van der Waals surface area contributed by atoms with E-state index in [9.17, 15) is 8.42 Å². The summed E-state index contributed by atoms with van der Waals surface area (Å²) in [4.78, 5) is 4.79. The van der Waals surface area contributed by atoms with Gasteiger partial charge in [-0.2, -0.15) is 0 Å². The van der Waals surface area contributed by atoms with Crippen LogP contribution >= 0.6 is 0 Å². The van der Waals surface area contributed by atoms with Gasteiger partial charge in [0.05, 0.1) is 4.90 Å². The Morgan fingerprint density at radius 2 is 1.59 bits per heavy atom. The highest BCUT2D eigenvalue weighted by atomic mass is 32.2. The molecule has 1 aliphatic rings. The van der Waals surface area contributed by atoms with E-state index in [1.54, 1.807) is 12.1 Å². The van der Waals surface area contributed by atoms with Crippen LogP contribution in [0.1, 0.15) is 28.3 Å². The first-order chi connectivity index (χ1) is 15.3. The first-order valence-corrected chi connectivity index (χ1v) is 12.5. The molecule has 32 heavy (non-hydrogen) atoms. The van der Waals surface area contributed by atoms with Crippen LogP contribution in [0.25, 0.3) is 0 Å². The van der Waals surface area contributed by atoms with Gasteiger partial charge >= 0.3 is 0 Å². The van der Waals surface area contributed by atoms with Gasteiger partial charge in [-0.05, 0) is 53.8 Å².